The van der Waals surface area contributed by atoms with Crippen molar-refractivity contribution in [3.05, 3.63) is 35.4 Å². The van der Waals surface area contributed by atoms with Crippen molar-refractivity contribution < 1.29 is 0 Å². The van der Waals surface area contributed by atoms with Crippen molar-refractivity contribution in [2.24, 2.45) is 5.92 Å². The van der Waals surface area contributed by atoms with Crippen molar-refractivity contribution in [3.63, 3.8) is 0 Å². The van der Waals surface area contributed by atoms with Crippen molar-refractivity contribution in [1.29, 1.82) is 0 Å². The second kappa shape index (κ2) is 6.38. The summed E-state index contributed by atoms with van der Waals surface area (Å²) < 4.78 is 0. The summed E-state index contributed by atoms with van der Waals surface area (Å²) >= 11 is 0. The Morgan fingerprint density at radius 2 is 1.56 bits per heavy atom. The van der Waals surface area contributed by atoms with Gasteiger partial charge in [0.15, 0.2) is 0 Å². The summed E-state index contributed by atoms with van der Waals surface area (Å²) in [4.78, 5) is 2.43. The lowest BCUT2D eigenvalue weighted by molar-refractivity contribution is 0.143. The van der Waals surface area contributed by atoms with Gasteiger partial charge in [-0.15, -0.1) is 0 Å². The highest BCUT2D eigenvalue weighted by Crippen LogP contribution is 2.19. The van der Waals surface area contributed by atoms with Crippen LogP contribution < -0.4 is 0 Å². The van der Waals surface area contributed by atoms with Gasteiger partial charge >= 0.3 is 0 Å². The molecule has 0 fully saturated rings. The fourth-order valence-electron chi connectivity index (χ4n) is 2.01. The van der Waals surface area contributed by atoms with Gasteiger partial charge in [0.25, 0.3) is 0 Å². The molecule has 0 radical (unpaired) electrons. The molecule has 0 atom stereocenters. The van der Waals surface area contributed by atoms with Crippen LogP contribution in [0.2, 0.25) is 0 Å². The van der Waals surface area contributed by atoms with Crippen LogP contribution in [0.1, 0.15) is 52.2 Å². The van der Waals surface area contributed by atoms with E-state index in [2.05, 4.69) is 70.8 Å². The van der Waals surface area contributed by atoms with Crippen molar-refractivity contribution >= 4 is 0 Å². The molecule has 0 aliphatic carbocycles. The molecule has 0 aliphatic rings. The molecule has 0 unspecified atom stereocenters. The van der Waals surface area contributed by atoms with Gasteiger partial charge in [-0.3, -0.25) is 4.90 Å². The Labute approximate surface area is 113 Å². The smallest absolute Gasteiger partial charge is 0.0235 e. The number of rotatable bonds is 6. The van der Waals surface area contributed by atoms with Gasteiger partial charge in [-0.05, 0) is 50.8 Å². The molecule has 0 amide bonds. The Kier molecular flexibility index (Phi) is 5.40. The molecule has 1 aromatic rings. The van der Waals surface area contributed by atoms with Gasteiger partial charge in [0.05, 0.1) is 0 Å². The molecule has 18 heavy (non-hydrogen) atoms. The molecular formula is C17H29N. The monoisotopic (exact) mass is 247 g/mol. The van der Waals surface area contributed by atoms with Crippen LogP contribution in [-0.2, 0) is 13.0 Å². The van der Waals surface area contributed by atoms with E-state index < -0.39 is 0 Å². The van der Waals surface area contributed by atoms with E-state index in [0.29, 0.717) is 0 Å². The number of hydrogen-bond acceptors (Lipinski definition) is 1. The largest absolute Gasteiger partial charge is 0.297 e. The average Bonchev–Trinajstić information content (AvgIpc) is 2.31. The van der Waals surface area contributed by atoms with E-state index in [-0.39, 0.29) is 5.54 Å². The summed E-state index contributed by atoms with van der Waals surface area (Å²) in [6.07, 6.45) is 2.35. The predicted octanol–water partition coefficient (Wildman–Crippen LogP) is 4.51. The van der Waals surface area contributed by atoms with Gasteiger partial charge in [-0.25, -0.2) is 0 Å². The molecule has 0 bridgehead atoms. The quantitative estimate of drug-likeness (QED) is 0.715. The van der Waals surface area contributed by atoms with Gasteiger partial charge in [0.2, 0.25) is 0 Å². The fourth-order valence-corrected chi connectivity index (χ4v) is 2.01. The lowest BCUT2D eigenvalue weighted by atomic mass is 9.98. The summed E-state index contributed by atoms with van der Waals surface area (Å²) in [5, 5.41) is 0. The third-order valence-electron chi connectivity index (χ3n) is 3.99. The van der Waals surface area contributed by atoms with E-state index in [0.717, 1.165) is 12.5 Å². The van der Waals surface area contributed by atoms with E-state index in [1.165, 1.54) is 24.0 Å². The topological polar surface area (TPSA) is 3.24 Å². The van der Waals surface area contributed by atoms with E-state index in [9.17, 15) is 0 Å². The highest BCUT2D eigenvalue weighted by Gasteiger charge is 2.20. The Hall–Kier alpha value is -0.820. The summed E-state index contributed by atoms with van der Waals surface area (Å²) in [5.41, 5.74) is 3.13. The molecular weight excluding hydrogens is 218 g/mol. The molecule has 0 N–H and O–H groups in total. The van der Waals surface area contributed by atoms with Crippen LogP contribution in [-0.4, -0.2) is 17.5 Å². The first-order valence-corrected chi connectivity index (χ1v) is 7.14. The average molecular weight is 247 g/mol. The van der Waals surface area contributed by atoms with E-state index in [4.69, 9.17) is 0 Å². The zero-order chi connectivity index (χ0) is 13.8. The first-order chi connectivity index (χ1) is 8.35. The van der Waals surface area contributed by atoms with Gasteiger partial charge in [0.1, 0.15) is 0 Å². The van der Waals surface area contributed by atoms with Crippen LogP contribution in [0.25, 0.3) is 0 Å². The van der Waals surface area contributed by atoms with E-state index in [1.807, 2.05) is 0 Å². The highest BCUT2D eigenvalue weighted by atomic mass is 15.2. The van der Waals surface area contributed by atoms with Crippen LogP contribution in [0.5, 0.6) is 0 Å². The number of benzene rings is 1. The molecule has 0 aliphatic heterocycles. The maximum atomic E-state index is 2.43. The standard InChI is InChI=1S/C17H29N/c1-7-17(4,5)18(6)13-16-10-8-15(9-11-16)12-14(2)3/h8-11,14H,7,12-13H2,1-6H3. The summed E-state index contributed by atoms with van der Waals surface area (Å²) in [7, 11) is 2.21. The third kappa shape index (κ3) is 4.45. The Bertz CT molecular complexity index is 348. The van der Waals surface area contributed by atoms with Crippen LogP contribution in [0.15, 0.2) is 24.3 Å². The normalized spacial score (nSPS) is 12.4. The molecule has 0 aromatic heterocycles. The minimum atomic E-state index is 0.274. The van der Waals surface area contributed by atoms with Crippen molar-refractivity contribution in [1.82, 2.24) is 4.90 Å². The summed E-state index contributed by atoms with van der Waals surface area (Å²) in [6.45, 7) is 12.4. The molecule has 102 valence electrons. The zero-order valence-electron chi connectivity index (χ0n) is 13.0. The lowest BCUT2D eigenvalue weighted by Crippen LogP contribution is -2.39. The molecule has 1 rings (SSSR count). The summed E-state index contributed by atoms with van der Waals surface area (Å²) in [6, 6.07) is 9.12. The van der Waals surface area contributed by atoms with Gasteiger partial charge < -0.3 is 0 Å². The van der Waals surface area contributed by atoms with Crippen LogP contribution in [0, 0.1) is 5.92 Å². The van der Waals surface area contributed by atoms with Crippen molar-refractivity contribution in [2.45, 2.75) is 59.5 Å². The minimum Gasteiger partial charge on any atom is -0.297 e. The van der Waals surface area contributed by atoms with Crippen LogP contribution in [0.3, 0.4) is 0 Å². The lowest BCUT2D eigenvalue weighted by Gasteiger charge is -2.34. The predicted molar refractivity (Wildman–Crippen MR) is 80.8 cm³/mol. The van der Waals surface area contributed by atoms with Gasteiger partial charge in [-0.2, -0.15) is 0 Å². The number of hydrogen-bond donors (Lipinski definition) is 0. The second-order valence-electron chi connectivity index (χ2n) is 6.44. The Morgan fingerprint density at radius 3 is 2.00 bits per heavy atom. The fraction of sp³-hybridized carbons (Fsp3) is 0.647. The van der Waals surface area contributed by atoms with E-state index >= 15 is 0 Å². The van der Waals surface area contributed by atoms with Crippen molar-refractivity contribution in [2.75, 3.05) is 7.05 Å². The first-order valence-electron chi connectivity index (χ1n) is 7.14. The van der Waals surface area contributed by atoms with E-state index in [1.54, 1.807) is 0 Å². The third-order valence-corrected chi connectivity index (χ3v) is 3.99. The van der Waals surface area contributed by atoms with Gasteiger partial charge in [-0.1, -0.05) is 45.0 Å². The second-order valence-corrected chi connectivity index (χ2v) is 6.44. The molecule has 1 nitrogen and oxygen atoms in total. The Balaban J connectivity index is 2.64. The SMILES string of the molecule is CCC(C)(C)N(C)Cc1ccc(CC(C)C)cc1. The van der Waals surface area contributed by atoms with Crippen molar-refractivity contribution in [3.8, 4) is 0 Å². The zero-order valence-corrected chi connectivity index (χ0v) is 13.0. The van der Waals surface area contributed by atoms with Gasteiger partial charge in [0, 0.05) is 12.1 Å². The minimum absolute atomic E-state index is 0.274. The summed E-state index contributed by atoms with van der Waals surface area (Å²) in [5.74, 6) is 0.734. The maximum Gasteiger partial charge on any atom is 0.0235 e. The Morgan fingerprint density at radius 1 is 1.06 bits per heavy atom. The molecule has 0 heterocycles. The molecule has 1 aromatic carbocycles. The number of nitrogens with zero attached hydrogens (tertiary/aromatic N) is 1. The molecule has 1 heteroatoms. The highest BCUT2D eigenvalue weighted by molar-refractivity contribution is 5.23. The molecule has 0 saturated heterocycles. The molecule has 0 saturated carbocycles. The molecule has 0 spiro atoms. The van der Waals surface area contributed by atoms with Crippen LogP contribution >= 0.6 is 0 Å². The van der Waals surface area contributed by atoms with Crippen LogP contribution in [0.4, 0.5) is 0 Å². The maximum absolute atomic E-state index is 2.43. The first kappa shape index (κ1) is 15.2.